The van der Waals surface area contributed by atoms with E-state index in [4.69, 9.17) is 5.73 Å². The first-order valence-electron chi connectivity index (χ1n) is 8.09. The van der Waals surface area contributed by atoms with E-state index in [-0.39, 0.29) is 30.1 Å². The second kappa shape index (κ2) is 7.45. The summed E-state index contributed by atoms with van der Waals surface area (Å²) < 4.78 is 0. The number of nitrogens with zero attached hydrogens (tertiary/aromatic N) is 2. The van der Waals surface area contributed by atoms with E-state index in [9.17, 15) is 9.59 Å². The van der Waals surface area contributed by atoms with Crippen LogP contribution in [0.25, 0.3) is 0 Å². The molecular weight excluding hydrogens is 310 g/mol. The Balaban J connectivity index is 1.79. The maximum absolute atomic E-state index is 12.3. The molecule has 0 atom stereocenters. The third kappa shape index (κ3) is 4.78. The quantitative estimate of drug-likeness (QED) is 0.861. The molecule has 2 heterocycles. The van der Waals surface area contributed by atoms with E-state index >= 15 is 0 Å². The fourth-order valence-electron chi connectivity index (χ4n) is 2.82. The highest BCUT2D eigenvalue weighted by atomic mass is 32.1. The molecule has 0 saturated heterocycles. The van der Waals surface area contributed by atoms with Crippen LogP contribution < -0.4 is 5.73 Å². The van der Waals surface area contributed by atoms with Gasteiger partial charge in [0, 0.05) is 44.4 Å². The Morgan fingerprint density at radius 2 is 2.13 bits per heavy atom. The van der Waals surface area contributed by atoms with Crippen molar-refractivity contribution in [3.05, 3.63) is 21.9 Å². The fourth-order valence-corrected chi connectivity index (χ4v) is 3.71. The molecule has 0 unspecified atom stereocenters. The van der Waals surface area contributed by atoms with Gasteiger partial charge in [-0.25, -0.2) is 0 Å². The lowest BCUT2D eigenvalue weighted by Gasteiger charge is -2.30. The second-order valence-corrected chi connectivity index (χ2v) is 8.05. The average molecular weight is 337 g/mol. The molecule has 2 rings (SSSR count). The van der Waals surface area contributed by atoms with E-state index in [1.165, 1.54) is 10.4 Å². The van der Waals surface area contributed by atoms with Gasteiger partial charge in [-0.2, -0.15) is 0 Å². The summed E-state index contributed by atoms with van der Waals surface area (Å²) in [7, 11) is 1.78. The van der Waals surface area contributed by atoms with Gasteiger partial charge in [-0.1, -0.05) is 13.8 Å². The predicted octanol–water partition coefficient (Wildman–Crippen LogP) is 1.86. The van der Waals surface area contributed by atoms with Crippen LogP contribution in [0.1, 0.15) is 37.1 Å². The summed E-state index contributed by atoms with van der Waals surface area (Å²) in [6, 6.07) is 2.09. The van der Waals surface area contributed by atoms with Gasteiger partial charge in [0.25, 0.3) is 0 Å². The Bertz CT molecular complexity index is 568. The minimum absolute atomic E-state index is 0.00751. The molecule has 2 amide bonds. The number of thiophene rings is 1. The van der Waals surface area contributed by atoms with E-state index < -0.39 is 0 Å². The molecule has 2 N–H and O–H groups in total. The monoisotopic (exact) mass is 337 g/mol. The zero-order chi connectivity index (χ0) is 17.0. The molecule has 0 fully saturated rings. The first kappa shape index (κ1) is 17.9. The minimum atomic E-state index is -0.101. The van der Waals surface area contributed by atoms with Gasteiger partial charge in [0.05, 0.1) is 0 Å². The maximum atomic E-state index is 12.3. The lowest BCUT2D eigenvalue weighted by atomic mass is 9.93. The van der Waals surface area contributed by atoms with Gasteiger partial charge in [-0.3, -0.25) is 9.59 Å². The normalized spacial score (nSPS) is 14.5. The number of amides is 2. The molecule has 128 valence electrons. The van der Waals surface area contributed by atoms with Crippen LogP contribution in [-0.2, 0) is 22.6 Å². The Morgan fingerprint density at radius 1 is 1.39 bits per heavy atom. The number of carbonyl (C=O) groups excluding carboxylic acids is 2. The summed E-state index contributed by atoms with van der Waals surface area (Å²) in [6.07, 6.45) is 1.48. The first-order chi connectivity index (χ1) is 10.8. The highest BCUT2D eigenvalue weighted by Gasteiger charge is 2.24. The zero-order valence-electron chi connectivity index (χ0n) is 14.3. The number of nitrogens with two attached hydrogens (primary N) is 1. The van der Waals surface area contributed by atoms with Gasteiger partial charge in [-0.15, -0.1) is 11.3 Å². The molecule has 0 spiro atoms. The van der Waals surface area contributed by atoms with Gasteiger partial charge in [-0.05, 0) is 35.4 Å². The molecule has 6 heteroatoms. The SMILES string of the molecule is CN(CC(C)(C)CN)C(=O)CCC(=O)N1CCc2sccc2C1. The topological polar surface area (TPSA) is 66.6 Å². The van der Waals surface area contributed by atoms with Crippen molar-refractivity contribution in [2.75, 3.05) is 26.7 Å². The number of hydrogen-bond donors (Lipinski definition) is 1. The summed E-state index contributed by atoms with van der Waals surface area (Å²) in [5.41, 5.74) is 6.86. The van der Waals surface area contributed by atoms with Crippen molar-refractivity contribution in [3.8, 4) is 0 Å². The lowest BCUT2D eigenvalue weighted by molar-refractivity contribution is -0.137. The van der Waals surface area contributed by atoms with Gasteiger partial charge in [0.15, 0.2) is 0 Å². The van der Waals surface area contributed by atoms with Crippen LogP contribution in [0, 0.1) is 5.41 Å². The molecule has 1 aliphatic heterocycles. The molecule has 0 radical (unpaired) electrons. The molecule has 1 aliphatic rings. The molecule has 0 aromatic carbocycles. The summed E-state index contributed by atoms with van der Waals surface area (Å²) >= 11 is 1.76. The summed E-state index contributed by atoms with van der Waals surface area (Å²) in [5.74, 6) is 0.0785. The van der Waals surface area contributed by atoms with Crippen molar-refractivity contribution in [3.63, 3.8) is 0 Å². The summed E-state index contributed by atoms with van der Waals surface area (Å²) in [6.45, 7) is 6.65. The first-order valence-corrected chi connectivity index (χ1v) is 8.97. The molecule has 1 aromatic rings. The van der Waals surface area contributed by atoms with Crippen LogP contribution in [0.3, 0.4) is 0 Å². The molecule has 0 bridgehead atoms. The molecule has 0 aliphatic carbocycles. The van der Waals surface area contributed by atoms with Crippen molar-refractivity contribution in [1.82, 2.24) is 9.80 Å². The summed E-state index contributed by atoms with van der Waals surface area (Å²) in [5, 5.41) is 2.08. The standard InChI is InChI=1S/C17H27N3O2S/c1-17(2,11-18)12-19(3)15(21)4-5-16(22)20-8-6-14-13(10-20)7-9-23-14/h7,9H,4-6,8,10-12,18H2,1-3H3. The van der Waals surface area contributed by atoms with Crippen molar-refractivity contribution in [2.24, 2.45) is 11.1 Å². The van der Waals surface area contributed by atoms with Crippen LogP contribution >= 0.6 is 11.3 Å². The Hall–Kier alpha value is -1.40. The van der Waals surface area contributed by atoms with E-state index in [1.807, 2.05) is 18.7 Å². The smallest absolute Gasteiger partial charge is 0.223 e. The Kier molecular flexibility index (Phi) is 5.81. The lowest BCUT2D eigenvalue weighted by Crippen LogP contribution is -2.40. The average Bonchev–Trinajstić information content (AvgIpc) is 2.99. The van der Waals surface area contributed by atoms with E-state index in [1.54, 1.807) is 23.3 Å². The third-order valence-electron chi connectivity index (χ3n) is 4.36. The van der Waals surface area contributed by atoms with Crippen LogP contribution in [0.4, 0.5) is 0 Å². The van der Waals surface area contributed by atoms with Crippen LogP contribution in [0.5, 0.6) is 0 Å². The molecule has 0 saturated carbocycles. The Labute approximate surface area is 142 Å². The van der Waals surface area contributed by atoms with Crippen molar-refractivity contribution >= 4 is 23.2 Å². The highest BCUT2D eigenvalue weighted by Crippen LogP contribution is 2.24. The largest absolute Gasteiger partial charge is 0.345 e. The van der Waals surface area contributed by atoms with Gasteiger partial charge in [0.2, 0.25) is 11.8 Å². The van der Waals surface area contributed by atoms with Gasteiger partial charge >= 0.3 is 0 Å². The van der Waals surface area contributed by atoms with Gasteiger partial charge in [0.1, 0.15) is 0 Å². The summed E-state index contributed by atoms with van der Waals surface area (Å²) in [4.78, 5) is 29.5. The van der Waals surface area contributed by atoms with E-state index in [2.05, 4.69) is 11.4 Å². The minimum Gasteiger partial charge on any atom is -0.345 e. The number of hydrogen-bond acceptors (Lipinski definition) is 4. The molecule has 5 nitrogen and oxygen atoms in total. The van der Waals surface area contributed by atoms with Crippen molar-refractivity contribution in [2.45, 2.75) is 39.7 Å². The number of rotatable bonds is 6. The highest BCUT2D eigenvalue weighted by molar-refractivity contribution is 7.10. The maximum Gasteiger partial charge on any atom is 0.223 e. The molecule has 23 heavy (non-hydrogen) atoms. The van der Waals surface area contributed by atoms with E-state index in [0.717, 1.165) is 13.0 Å². The predicted molar refractivity (Wildman–Crippen MR) is 93.1 cm³/mol. The van der Waals surface area contributed by atoms with Crippen molar-refractivity contribution < 1.29 is 9.59 Å². The molecule has 1 aromatic heterocycles. The number of carbonyl (C=O) groups is 2. The fraction of sp³-hybridized carbons (Fsp3) is 0.647. The van der Waals surface area contributed by atoms with Crippen LogP contribution in [-0.4, -0.2) is 48.3 Å². The van der Waals surface area contributed by atoms with Crippen LogP contribution in [0.15, 0.2) is 11.4 Å². The van der Waals surface area contributed by atoms with Crippen molar-refractivity contribution in [1.29, 1.82) is 0 Å². The van der Waals surface area contributed by atoms with Gasteiger partial charge < -0.3 is 15.5 Å². The number of fused-ring (bicyclic) bond motifs is 1. The third-order valence-corrected chi connectivity index (χ3v) is 5.38. The zero-order valence-corrected chi connectivity index (χ0v) is 15.1. The molecular formula is C17H27N3O2S. The second-order valence-electron chi connectivity index (χ2n) is 7.05. The van der Waals surface area contributed by atoms with E-state index in [0.29, 0.717) is 19.6 Å². The Morgan fingerprint density at radius 3 is 2.83 bits per heavy atom. The van der Waals surface area contributed by atoms with Crippen LogP contribution in [0.2, 0.25) is 0 Å².